The van der Waals surface area contributed by atoms with E-state index in [2.05, 4.69) is 32.8 Å². The second-order valence-electron chi connectivity index (χ2n) is 6.19. The number of benzene rings is 1. The fourth-order valence-corrected chi connectivity index (χ4v) is 3.78. The molecule has 0 spiro atoms. The Hall–Kier alpha value is -1.53. The van der Waals surface area contributed by atoms with Crippen molar-refractivity contribution in [2.24, 2.45) is 0 Å². The van der Waals surface area contributed by atoms with Gasteiger partial charge in [0.15, 0.2) is 0 Å². The van der Waals surface area contributed by atoms with E-state index in [1.807, 2.05) is 18.2 Å². The van der Waals surface area contributed by atoms with Crippen LogP contribution in [0.1, 0.15) is 39.5 Å². The molecule has 5 nitrogen and oxygen atoms in total. The van der Waals surface area contributed by atoms with E-state index in [9.17, 15) is 4.79 Å². The topological polar surface area (TPSA) is 58.1 Å². The third-order valence-corrected chi connectivity index (χ3v) is 4.89. The fraction of sp³-hybridized carbons (Fsp3) is 0.562. The molecule has 0 radical (unpaired) electrons. The number of hydrogen-bond acceptors (Lipinski definition) is 5. The number of carbonyl (C=O) groups excluding carboxylic acids is 1. The molecule has 0 aliphatic heterocycles. The molecular formula is C16H22N4OS. The smallest absolute Gasteiger partial charge is 0.238 e. The van der Waals surface area contributed by atoms with Crippen molar-refractivity contribution in [1.29, 1.82) is 0 Å². The number of aromatic nitrogens is 2. The lowest BCUT2D eigenvalue weighted by atomic mass is 10.1. The molecule has 1 aliphatic carbocycles. The van der Waals surface area contributed by atoms with Gasteiger partial charge in [-0.05, 0) is 38.8 Å². The summed E-state index contributed by atoms with van der Waals surface area (Å²) in [5, 5.41) is 3.00. The number of amides is 1. The number of rotatable bonds is 5. The van der Waals surface area contributed by atoms with E-state index >= 15 is 0 Å². The zero-order valence-corrected chi connectivity index (χ0v) is 13.9. The summed E-state index contributed by atoms with van der Waals surface area (Å²) in [5.41, 5.74) is 2.36. The highest BCUT2D eigenvalue weighted by Gasteiger charge is 2.26. The predicted molar refractivity (Wildman–Crippen MR) is 90.1 cm³/mol. The second-order valence-corrected chi connectivity index (χ2v) is 6.72. The van der Waals surface area contributed by atoms with Crippen LogP contribution in [0.5, 0.6) is 0 Å². The van der Waals surface area contributed by atoms with Gasteiger partial charge in [-0.3, -0.25) is 9.69 Å². The molecule has 0 saturated heterocycles. The van der Waals surface area contributed by atoms with E-state index in [1.165, 1.54) is 37.4 Å². The average molecular weight is 318 g/mol. The number of anilines is 1. The van der Waals surface area contributed by atoms with Crippen LogP contribution < -0.4 is 5.32 Å². The van der Waals surface area contributed by atoms with Crippen molar-refractivity contribution in [3.63, 3.8) is 0 Å². The van der Waals surface area contributed by atoms with Gasteiger partial charge in [0.05, 0.1) is 24.0 Å². The molecule has 1 heterocycles. The van der Waals surface area contributed by atoms with Crippen molar-refractivity contribution in [2.75, 3.05) is 11.9 Å². The highest BCUT2D eigenvalue weighted by Crippen LogP contribution is 2.25. The Bertz CT molecular complexity index is 648. The maximum absolute atomic E-state index is 12.5. The highest BCUT2D eigenvalue weighted by atomic mass is 32.1. The zero-order chi connectivity index (χ0) is 15.5. The molecule has 1 aliphatic rings. The van der Waals surface area contributed by atoms with Gasteiger partial charge < -0.3 is 5.32 Å². The van der Waals surface area contributed by atoms with Gasteiger partial charge in [0.2, 0.25) is 5.91 Å². The summed E-state index contributed by atoms with van der Waals surface area (Å²) in [6.07, 6.45) is 4.96. The van der Waals surface area contributed by atoms with Gasteiger partial charge in [-0.1, -0.05) is 18.9 Å². The van der Waals surface area contributed by atoms with Gasteiger partial charge in [0, 0.05) is 12.1 Å². The summed E-state index contributed by atoms with van der Waals surface area (Å²) in [6, 6.07) is 6.62. The minimum atomic E-state index is 0.0288. The lowest BCUT2D eigenvalue weighted by Gasteiger charge is -2.31. The average Bonchev–Trinajstić information content (AvgIpc) is 3.16. The minimum Gasteiger partial charge on any atom is -0.323 e. The largest absolute Gasteiger partial charge is 0.323 e. The number of hydrogen-bond donors (Lipinski definition) is 1. The number of nitrogens with one attached hydrogen (secondary N) is 1. The first-order valence-electron chi connectivity index (χ1n) is 7.92. The van der Waals surface area contributed by atoms with Crippen LogP contribution in [-0.2, 0) is 4.79 Å². The molecular weight excluding hydrogens is 296 g/mol. The molecule has 1 fully saturated rings. The van der Waals surface area contributed by atoms with E-state index in [1.54, 1.807) is 0 Å². The Labute approximate surface area is 135 Å². The Morgan fingerprint density at radius 1 is 1.36 bits per heavy atom. The van der Waals surface area contributed by atoms with Gasteiger partial charge in [-0.25, -0.2) is 0 Å². The lowest BCUT2D eigenvalue weighted by molar-refractivity contribution is -0.118. The van der Waals surface area contributed by atoms with Crippen LogP contribution in [0.3, 0.4) is 0 Å². The highest BCUT2D eigenvalue weighted by molar-refractivity contribution is 7.00. The Kier molecular flexibility index (Phi) is 4.69. The van der Waals surface area contributed by atoms with Crippen LogP contribution in [0.15, 0.2) is 18.2 Å². The first kappa shape index (κ1) is 15.4. The quantitative estimate of drug-likeness (QED) is 0.919. The first-order chi connectivity index (χ1) is 10.6. The molecule has 1 amide bonds. The maximum atomic E-state index is 12.5. The molecule has 2 aromatic rings. The number of nitrogens with zero attached hydrogens (tertiary/aromatic N) is 3. The fourth-order valence-electron chi connectivity index (χ4n) is 3.23. The van der Waals surface area contributed by atoms with Gasteiger partial charge in [0.25, 0.3) is 0 Å². The Morgan fingerprint density at radius 2 is 2.14 bits per heavy atom. The van der Waals surface area contributed by atoms with Crippen molar-refractivity contribution in [1.82, 2.24) is 13.6 Å². The van der Waals surface area contributed by atoms with Crippen LogP contribution in [0.2, 0.25) is 0 Å². The van der Waals surface area contributed by atoms with Gasteiger partial charge in [0.1, 0.15) is 11.0 Å². The molecule has 0 atom stereocenters. The molecule has 0 unspecified atom stereocenters. The number of carbonyl (C=O) groups is 1. The lowest BCUT2D eigenvalue weighted by Crippen LogP contribution is -2.43. The summed E-state index contributed by atoms with van der Waals surface area (Å²) in [7, 11) is 0. The molecule has 1 aromatic carbocycles. The van der Waals surface area contributed by atoms with Gasteiger partial charge in [-0.2, -0.15) is 8.75 Å². The normalized spacial score (nSPS) is 16.0. The van der Waals surface area contributed by atoms with Crippen molar-refractivity contribution < 1.29 is 4.79 Å². The van der Waals surface area contributed by atoms with E-state index in [4.69, 9.17) is 0 Å². The van der Waals surface area contributed by atoms with Crippen LogP contribution in [0.4, 0.5) is 5.69 Å². The summed E-state index contributed by atoms with van der Waals surface area (Å²) >= 11 is 1.17. The third-order valence-electron chi connectivity index (χ3n) is 4.34. The van der Waals surface area contributed by atoms with Gasteiger partial charge >= 0.3 is 0 Å². The Balaban J connectivity index is 1.69. The van der Waals surface area contributed by atoms with E-state index < -0.39 is 0 Å². The van der Waals surface area contributed by atoms with Crippen LogP contribution in [-0.4, -0.2) is 38.2 Å². The molecule has 6 heteroatoms. The van der Waals surface area contributed by atoms with Gasteiger partial charge in [-0.15, -0.1) is 0 Å². The molecule has 3 rings (SSSR count). The Morgan fingerprint density at radius 3 is 2.86 bits per heavy atom. The van der Waals surface area contributed by atoms with E-state index in [0.29, 0.717) is 18.6 Å². The van der Waals surface area contributed by atoms with Crippen molar-refractivity contribution in [3.05, 3.63) is 18.2 Å². The SMILES string of the molecule is CC(C)N(CC(=O)Nc1cccc2nsnc12)C1CCCC1. The van der Waals surface area contributed by atoms with Crippen LogP contribution in [0, 0.1) is 0 Å². The molecule has 1 N–H and O–H groups in total. The summed E-state index contributed by atoms with van der Waals surface area (Å²) in [4.78, 5) is 14.8. The molecule has 1 aromatic heterocycles. The van der Waals surface area contributed by atoms with E-state index in [-0.39, 0.29) is 5.91 Å². The van der Waals surface area contributed by atoms with Crippen molar-refractivity contribution in [3.8, 4) is 0 Å². The molecule has 1 saturated carbocycles. The third kappa shape index (κ3) is 3.28. The summed E-state index contributed by atoms with van der Waals surface area (Å²) in [6.45, 7) is 4.77. The van der Waals surface area contributed by atoms with Crippen LogP contribution >= 0.6 is 11.7 Å². The monoisotopic (exact) mass is 318 g/mol. The first-order valence-corrected chi connectivity index (χ1v) is 8.65. The minimum absolute atomic E-state index is 0.0288. The van der Waals surface area contributed by atoms with Crippen molar-refractivity contribution in [2.45, 2.75) is 51.6 Å². The molecule has 22 heavy (non-hydrogen) atoms. The zero-order valence-electron chi connectivity index (χ0n) is 13.1. The number of fused-ring (bicyclic) bond motifs is 1. The predicted octanol–water partition coefficient (Wildman–Crippen LogP) is 3.28. The van der Waals surface area contributed by atoms with Crippen LogP contribution in [0.25, 0.3) is 11.0 Å². The van der Waals surface area contributed by atoms with E-state index in [0.717, 1.165) is 16.7 Å². The van der Waals surface area contributed by atoms with Crippen molar-refractivity contribution >= 4 is 34.4 Å². The molecule has 118 valence electrons. The summed E-state index contributed by atoms with van der Waals surface area (Å²) in [5.74, 6) is 0.0288. The standard InChI is InChI=1S/C16H22N4OS/c1-11(2)20(12-6-3-4-7-12)10-15(21)17-13-8-5-9-14-16(13)19-22-18-14/h5,8-9,11-12H,3-4,6-7,10H2,1-2H3,(H,17,21). The maximum Gasteiger partial charge on any atom is 0.238 e. The summed E-state index contributed by atoms with van der Waals surface area (Å²) < 4.78 is 8.47. The molecule has 0 bridgehead atoms. The second kappa shape index (κ2) is 6.71.